The van der Waals surface area contributed by atoms with Crippen molar-refractivity contribution in [1.82, 2.24) is 9.62 Å². The van der Waals surface area contributed by atoms with Crippen LogP contribution in [0.3, 0.4) is 0 Å². The number of amides is 1. The van der Waals surface area contributed by atoms with Gasteiger partial charge in [0.2, 0.25) is 15.9 Å². The van der Waals surface area contributed by atoms with Crippen molar-refractivity contribution in [3.63, 3.8) is 0 Å². The molecule has 1 aliphatic heterocycles. The molecule has 0 radical (unpaired) electrons. The van der Waals surface area contributed by atoms with Crippen LogP contribution in [-0.2, 0) is 21.4 Å². The summed E-state index contributed by atoms with van der Waals surface area (Å²) in [4.78, 5) is 12.6. The number of hydrogen-bond acceptors (Lipinski definition) is 3. The molecule has 1 fully saturated rings. The van der Waals surface area contributed by atoms with Gasteiger partial charge in [0.1, 0.15) is 4.90 Å². The van der Waals surface area contributed by atoms with Gasteiger partial charge < -0.3 is 5.32 Å². The van der Waals surface area contributed by atoms with Gasteiger partial charge in [-0.2, -0.15) is 4.31 Å². The van der Waals surface area contributed by atoms with Crippen molar-refractivity contribution < 1.29 is 13.2 Å². The van der Waals surface area contributed by atoms with Gasteiger partial charge in [0.15, 0.2) is 0 Å². The van der Waals surface area contributed by atoms with E-state index in [0.717, 1.165) is 5.56 Å². The maximum atomic E-state index is 13.0. The van der Waals surface area contributed by atoms with E-state index in [9.17, 15) is 13.2 Å². The molecule has 156 valence electrons. The number of halogens is 4. The van der Waals surface area contributed by atoms with E-state index in [2.05, 4.69) is 5.32 Å². The molecule has 2 aromatic carbocycles. The predicted molar refractivity (Wildman–Crippen MR) is 116 cm³/mol. The maximum absolute atomic E-state index is 13.0. The Morgan fingerprint density at radius 1 is 1.03 bits per heavy atom. The Labute approximate surface area is 189 Å². The van der Waals surface area contributed by atoms with Crippen molar-refractivity contribution in [2.75, 3.05) is 13.1 Å². The fourth-order valence-electron chi connectivity index (χ4n) is 3.18. The van der Waals surface area contributed by atoms with Gasteiger partial charge in [0, 0.05) is 34.7 Å². The van der Waals surface area contributed by atoms with E-state index in [4.69, 9.17) is 46.4 Å². The lowest BCUT2D eigenvalue weighted by molar-refractivity contribution is -0.126. The fraction of sp³-hybridized carbons (Fsp3) is 0.316. The summed E-state index contributed by atoms with van der Waals surface area (Å²) >= 11 is 24.0. The van der Waals surface area contributed by atoms with Crippen molar-refractivity contribution >= 4 is 62.3 Å². The van der Waals surface area contributed by atoms with Gasteiger partial charge >= 0.3 is 0 Å². The van der Waals surface area contributed by atoms with Crippen molar-refractivity contribution in [2.45, 2.75) is 24.3 Å². The van der Waals surface area contributed by atoms with Gasteiger partial charge in [-0.1, -0.05) is 52.5 Å². The Morgan fingerprint density at radius 3 is 2.45 bits per heavy atom. The Balaban J connectivity index is 1.69. The molecule has 10 heteroatoms. The second kappa shape index (κ2) is 9.41. The number of nitrogens with zero attached hydrogens (tertiary/aromatic N) is 1. The highest BCUT2D eigenvalue weighted by molar-refractivity contribution is 7.89. The predicted octanol–water partition coefficient (Wildman–Crippen LogP) is 5.02. The smallest absolute Gasteiger partial charge is 0.244 e. The lowest BCUT2D eigenvalue weighted by Gasteiger charge is -2.31. The first-order valence-corrected chi connectivity index (χ1v) is 11.8. The molecule has 1 saturated heterocycles. The van der Waals surface area contributed by atoms with E-state index >= 15 is 0 Å². The molecule has 1 atom stereocenters. The number of carbonyl (C=O) groups excluding carboxylic acids is 1. The van der Waals surface area contributed by atoms with Gasteiger partial charge in [-0.05, 0) is 48.7 Å². The molecular formula is C19H18Cl4N2O3S. The largest absolute Gasteiger partial charge is 0.352 e. The first kappa shape index (κ1) is 22.7. The normalized spacial score (nSPS) is 17.9. The molecule has 0 bridgehead atoms. The summed E-state index contributed by atoms with van der Waals surface area (Å²) in [6.07, 6.45) is 1.16. The van der Waals surface area contributed by atoms with Crippen LogP contribution in [0.5, 0.6) is 0 Å². The number of carbonyl (C=O) groups is 1. The average molecular weight is 496 g/mol. The summed E-state index contributed by atoms with van der Waals surface area (Å²) in [5.41, 5.74) is 0.732. The summed E-state index contributed by atoms with van der Waals surface area (Å²) in [6, 6.07) is 9.33. The molecule has 29 heavy (non-hydrogen) atoms. The maximum Gasteiger partial charge on any atom is 0.244 e. The topological polar surface area (TPSA) is 66.5 Å². The second-order valence-electron chi connectivity index (χ2n) is 6.73. The van der Waals surface area contributed by atoms with Crippen molar-refractivity contribution in [3.8, 4) is 0 Å². The van der Waals surface area contributed by atoms with Crippen molar-refractivity contribution in [3.05, 3.63) is 62.1 Å². The SMILES string of the molecule is O=C(NCc1ccc(Cl)cc1Cl)[C@H]1CCCN(S(=O)(=O)c2cc(Cl)ccc2Cl)C1. The summed E-state index contributed by atoms with van der Waals surface area (Å²) in [7, 11) is -3.86. The molecule has 0 saturated carbocycles. The lowest BCUT2D eigenvalue weighted by Crippen LogP contribution is -2.45. The molecule has 2 aromatic rings. The number of sulfonamides is 1. The zero-order chi connectivity index (χ0) is 21.2. The van der Waals surface area contributed by atoms with Gasteiger partial charge in [-0.15, -0.1) is 0 Å². The molecule has 1 heterocycles. The molecule has 0 aliphatic carbocycles. The molecule has 0 unspecified atom stereocenters. The highest BCUT2D eigenvalue weighted by Gasteiger charge is 2.34. The summed E-state index contributed by atoms with van der Waals surface area (Å²) < 4.78 is 27.3. The van der Waals surface area contributed by atoms with Crippen LogP contribution in [0.4, 0.5) is 0 Å². The van der Waals surface area contributed by atoms with Crippen LogP contribution in [0.15, 0.2) is 41.3 Å². The Bertz CT molecular complexity index is 1030. The van der Waals surface area contributed by atoms with Crippen molar-refractivity contribution in [2.24, 2.45) is 5.92 Å². The quantitative estimate of drug-likeness (QED) is 0.633. The minimum atomic E-state index is -3.86. The van der Waals surface area contributed by atoms with E-state index in [-0.39, 0.29) is 33.9 Å². The molecule has 1 aliphatic rings. The Kier molecular flexibility index (Phi) is 7.36. The van der Waals surface area contributed by atoms with Crippen molar-refractivity contribution in [1.29, 1.82) is 0 Å². The van der Waals surface area contributed by atoms with Crippen LogP contribution in [0.1, 0.15) is 18.4 Å². The third kappa shape index (κ3) is 5.37. The van der Waals surface area contributed by atoms with Crippen LogP contribution >= 0.6 is 46.4 Å². The van der Waals surface area contributed by atoms with Crippen LogP contribution in [0, 0.1) is 5.92 Å². The van der Waals surface area contributed by atoms with Gasteiger partial charge in [-0.25, -0.2) is 8.42 Å². The Morgan fingerprint density at radius 2 is 1.72 bits per heavy atom. The molecule has 0 spiro atoms. The van der Waals surface area contributed by atoms with Crippen LogP contribution < -0.4 is 5.32 Å². The molecule has 5 nitrogen and oxygen atoms in total. The van der Waals surface area contributed by atoms with Gasteiger partial charge in [-0.3, -0.25) is 4.79 Å². The number of nitrogens with one attached hydrogen (secondary N) is 1. The second-order valence-corrected chi connectivity index (χ2v) is 10.3. The van der Waals surface area contributed by atoms with E-state index in [1.165, 1.54) is 22.5 Å². The third-order valence-corrected chi connectivity index (χ3v) is 7.90. The highest BCUT2D eigenvalue weighted by atomic mass is 35.5. The summed E-state index contributed by atoms with van der Waals surface area (Å²) in [5.74, 6) is -0.698. The molecule has 1 amide bonds. The number of piperidine rings is 1. The fourth-order valence-corrected chi connectivity index (χ4v) is 5.92. The van der Waals surface area contributed by atoms with Crippen LogP contribution in [0.25, 0.3) is 0 Å². The first-order valence-electron chi connectivity index (χ1n) is 8.85. The monoisotopic (exact) mass is 494 g/mol. The van der Waals surface area contributed by atoms with E-state index in [1.54, 1.807) is 18.2 Å². The number of rotatable bonds is 5. The average Bonchev–Trinajstić information content (AvgIpc) is 2.69. The van der Waals surface area contributed by atoms with E-state index in [0.29, 0.717) is 29.4 Å². The van der Waals surface area contributed by atoms with E-state index < -0.39 is 15.9 Å². The van der Waals surface area contributed by atoms with E-state index in [1.807, 2.05) is 0 Å². The minimum Gasteiger partial charge on any atom is -0.352 e. The molecular weight excluding hydrogens is 478 g/mol. The van der Waals surface area contributed by atoms with Crippen LogP contribution in [-0.4, -0.2) is 31.7 Å². The lowest BCUT2D eigenvalue weighted by atomic mass is 9.99. The Hall–Kier alpha value is -1.02. The molecule has 1 N–H and O–H groups in total. The van der Waals surface area contributed by atoms with Crippen LogP contribution in [0.2, 0.25) is 20.1 Å². The molecule has 3 rings (SSSR count). The third-order valence-electron chi connectivity index (χ3n) is 4.73. The standard InChI is InChI=1S/C19H18Cl4N2O3S/c20-14-4-3-12(17(23)8-14)10-24-19(26)13-2-1-7-25(11-13)29(27,28)18-9-15(21)5-6-16(18)22/h3-6,8-9,13H,1-2,7,10-11H2,(H,24,26)/t13-/m0/s1. The zero-order valence-corrected chi connectivity index (χ0v) is 19.0. The minimum absolute atomic E-state index is 0.0549. The molecule has 0 aromatic heterocycles. The summed E-state index contributed by atoms with van der Waals surface area (Å²) in [6.45, 7) is 0.627. The van der Waals surface area contributed by atoms with Gasteiger partial charge in [0.05, 0.1) is 10.9 Å². The number of hydrogen-bond donors (Lipinski definition) is 1. The first-order chi connectivity index (χ1) is 13.7. The summed E-state index contributed by atoms with van der Waals surface area (Å²) in [5, 5.41) is 4.17. The van der Waals surface area contributed by atoms with Gasteiger partial charge in [0.25, 0.3) is 0 Å². The highest BCUT2D eigenvalue weighted by Crippen LogP contribution is 2.30. The number of benzene rings is 2. The zero-order valence-electron chi connectivity index (χ0n) is 15.2.